The van der Waals surface area contributed by atoms with E-state index in [1.807, 2.05) is 0 Å². The highest BCUT2D eigenvalue weighted by Gasteiger charge is 2.28. The quantitative estimate of drug-likeness (QED) is 0.645. The normalized spacial score (nSPS) is 13.3. The summed E-state index contributed by atoms with van der Waals surface area (Å²) in [6.45, 7) is 4.77. The molecule has 0 radical (unpaired) electrons. The van der Waals surface area contributed by atoms with E-state index in [2.05, 4.69) is 10.8 Å². The number of aromatic nitrogens is 1. The van der Waals surface area contributed by atoms with Gasteiger partial charge >= 0.3 is 0 Å². The van der Waals surface area contributed by atoms with Gasteiger partial charge in [-0.3, -0.25) is 19.0 Å². The molecule has 1 aliphatic carbocycles. The third kappa shape index (κ3) is 4.49. The molecule has 3 N–H and O–H groups in total. The largest absolute Gasteiger partial charge is 0.388 e. The summed E-state index contributed by atoms with van der Waals surface area (Å²) >= 11 is 0. The van der Waals surface area contributed by atoms with E-state index < -0.39 is 17.3 Å². The maximum atomic E-state index is 14.4. The summed E-state index contributed by atoms with van der Waals surface area (Å²) in [6, 6.07) is 4.68. The number of pyridine rings is 1. The van der Waals surface area contributed by atoms with Crippen molar-refractivity contribution in [2.24, 2.45) is 7.05 Å². The highest BCUT2D eigenvalue weighted by Crippen LogP contribution is 2.30. The number of hydroxylamine groups is 1. The number of amides is 1. The lowest BCUT2D eigenvalue weighted by atomic mass is 10.0. The van der Waals surface area contributed by atoms with E-state index in [9.17, 15) is 19.1 Å². The molecule has 7 nitrogen and oxygen atoms in total. The molecule has 0 atom stereocenters. The van der Waals surface area contributed by atoms with Gasteiger partial charge in [-0.1, -0.05) is 6.07 Å². The number of nitrogens with one attached hydrogen (secondary N) is 2. The molecule has 0 unspecified atom stereocenters. The zero-order valence-electron chi connectivity index (χ0n) is 17.1. The maximum absolute atomic E-state index is 14.4. The van der Waals surface area contributed by atoms with Crippen LogP contribution < -0.4 is 16.4 Å². The second-order valence-corrected chi connectivity index (χ2v) is 8.04. The predicted octanol–water partition coefficient (Wildman–Crippen LogP) is 2.50. The smallest absolute Gasteiger partial charge is 0.278 e. The van der Waals surface area contributed by atoms with E-state index in [1.54, 1.807) is 40.0 Å². The number of halogens is 1. The summed E-state index contributed by atoms with van der Waals surface area (Å²) in [6.07, 6.45) is 1.93. The minimum Gasteiger partial charge on any atom is -0.388 e. The standard InChI is InChI=1S/C21H26FN3O4/c1-12-8-9-16(15(22)10-12)23-18-17(19(26)24-29-11-21(2,3)28)13-6-5-7-14(13)20(27)25(18)4/h8-10,23,28H,5-7,11H2,1-4H3,(H,24,26). The zero-order chi connectivity index (χ0) is 21.3. The van der Waals surface area contributed by atoms with Gasteiger partial charge in [-0.05, 0) is 63.3 Å². The number of hydrogen-bond acceptors (Lipinski definition) is 5. The Balaban J connectivity index is 2.03. The van der Waals surface area contributed by atoms with Crippen LogP contribution in [0.5, 0.6) is 0 Å². The fraction of sp³-hybridized carbons (Fsp3) is 0.429. The first-order valence-electron chi connectivity index (χ1n) is 9.51. The molecular formula is C21H26FN3O4. The molecule has 0 saturated carbocycles. The van der Waals surface area contributed by atoms with Crippen LogP contribution >= 0.6 is 0 Å². The van der Waals surface area contributed by atoms with E-state index in [4.69, 9.17) is 4.84 Å². The molecule has 1 aliphatic rings. The Bertz CT molecular complexity index is 1010. The fourth-order valence-electron chi connectivity index (χ4n) is 3.44. The number of aliphatic hydroxyl groups is 1. The molecule has 1 aromatic heterocycles. The summed E-state index contributed by atoms with van der Waals surface area (Å²) in [5.41, 5.74) is 3.41. The van der Waals surface area contributed by atoms with Crippen LogP contribution in [0.4, 0.5) is 15.9 Å². The molecule has 156 valence electrons. The predicted molar refractivity (Wildman–Crippen MR) is 108 cm³/mol. The van der Waals surface area contributed by atoms with Gasteiger partial charge < -0.3 is 10.4 Å². The van der Waals surface area contributed by atoms with Crippen LogP contribution in [0.1, 0.15) is 47.3 Å². The molecule has 2 aromatic rings. The summed E-state index contributed by atoms with van der Waals surface area (Å²) in [4.78, 5) is 30.9. The lowest BCUT2D eigenvalue weighted by Gasteiger charge is -2.21. The molecule has 1 aromatic carbocycles. The van der Waals surface area contributed by atoms with Gasteiger partial charge in [-0.2, -0.15) is 0 Å². The Kier molecular flexibility index (Phi) is 5.77. The van der Waals surface area contributed by atoms with Crippen molar-refractivity contribution in [3.05, 3.63) is 56.6 Å². The Labute approximate surface area is 168 Å². The van der Waals surface area contributed by atoms with E-state index in [1.165, 1.54) is 10.6 Å². The third-order valence-electron chi connectivity index (χ3n) is 4.85. The van der Waals surface area contributed by atoms with Gasteiger partial charge in [0.2, 0.25) is 0 Å². The van der Waals surface area contributed by atoms with E-state index in [-0.39, 0.29) is 29.2 Å². The summed E-state index contributed by atoms with van der Waals surface area (Å²) in [5.74, 6) is -0.844. The molecule has 0 spiro atoms. The summed E-state index contributed by atoms with van der Waals surface area (Å²) < 4.78 is 15.7. The first kappa shape index (κ1) is 21.0. The Morgan fingerprint density at radius 2 is 2.00 bits per heavy atom. The van der Waals surface area contributed by atoms with Crippen LogP contribution in [0.3, 0.4) is 0 Å². The zero-order valence-corrected chi connectivity index (χ0v) is 17.1. The van der Waals surface area contributed by atoms with Crippen LogP contribution in [-0.4, -0.2) is 27.8 Å². The highest BCUT2D eigenvalue weighted by molar-refractivity contribution is 6.01. The Morgan fingerprint density at radius 1 is 1.31 bits per heavy atom. The minimum atomic E-state index is -1.12. The molecule has 1 heterocycles. The summed E-state index contributed by atoms with van der Waals surface area (Å²) in [5, 5.41) is 12.7. The van der Waals surface area contributed by atoms with Crippen molar-refractivity contribution in [2.45, 2.75) is 45.6 Å². The van der Waals surface area contributed by atoms with Crippen molar-refractivity contribution >= 4 is 17.4 Å². The van der Waals surface area contributed by atoms with Crippen LogP contribution in [0.2, 0.25) is 0 Å². The van der Waals surface area contributed by atoms with Crippen LogP contribution in [-0.2, 0) is 24.7 Å². The van der Waals surface area contributed by atoms with Crippen LogP contribution in [0.15, 0.2) is 23.0 Å². The number of anilines is 2. The molecule has 8 heteroatoms. The van der Waals surface area contributed by atoms with Crippen molar-refractivity contribution in [3.63, 3.8) is 0 Å². The minimum absolute atomic E-state index is 0.109. The molecular weight excluding hydrogens is 377 g/mol. The lowest BCUT2D eigenvalue weighted by molar-refractivity contribution is -0.0522. The molecule has 0 saturated heterocycles. The average Bonchev–Trinajstić information content (AvgIpc) is 3.10. The van der Waals surface area contributed by atoms with Crippen LogP contribution in [0, 0.1) is 12.7 Å². The maximum Gasteiger partial charge on any atom is 0.278 e. The molecule has 0 fully saturated rings. The van der Waals surface area contributed by atoms with Gasteiger partial charge in [0.1, 0.15) is 18.2 Å². The van der Waals surface area contributed by atoms with Gasteiger partial charge in [0.05, 0.1) is 16.9 Å². The van der Waals surface area contributed by atoms with E-state index in [0.717, 1.165) is 12.0 Å². The van der Waals surface area contributed by atoms with Crippen molar-refractivity contribution in [2.75, 3.05) is 11.9 Å². The van der Waals surface area contributed by atoms with Gasteiger partial charge in [0.25, 0.3) is 11.5 Å². The molecule has 29 heavy (non-hydrogen) atoms. The van der Waals surface area contributed by atoms with E-state index in [0.29, 0.717) is 24.0 Å². The van der Waals surface area contributed by atoms with Gasteiger partial charge in [0, 0.05) is 12.6 Å². The number of benzene rings is 1. The second kappa shape index (κ2) is 7.96. The van der Waals surface area contributed by atoms with Gasteiger partial charge in [-0.15, -0.1) is 0 Å². The molecule has 0 aliphatic heterocycles. The molecule has 1 amide bonds. The Hall–Kier alpha value is -2.71. The van der Waals surface area contributed by atoms with Crippen molar-refractivity contribution < 1.29 is 19.1 Å². The lowest BCUT2D eigenvalue weighted by Crippen LogP contribution is -2.35. The topological polar surface area (TPSA) is 92.6 Å². The Morgan fingerprint density at radius 3 is 2.66 bits per heavy atom. The van der Waals surface area contributed by atoms with Gasteiger partial charge in [-0.25, -0.2) is 9.87 Å². The number of carbonyl (C=O) groups is 1. The van der Waals surface area contributed by atoms with Crippen molar-refractivity contribution in [3.8, 4) is 0 Å². The number of rotatable bonds is 6. The number of aryl methyl sites for hydroxylation is 1. The fourth-order valence-corrected chi connectivity index (χ4v) is 3.44. The first-order chi connectivity index (χ1) is 13.6. The average molecular weight is 403 g/mol. The number of hydrogen-bond donors (Lipinski definition) is 3. The SMILES string of the molecule is Cc1ccc(Nc2c(C(=O)NOCC(C)(C)O)c3c(c(=O)n2C)CCC3)c(F)c1. The van der Waals surface area contributed by atoms with Gasteiger partial charge in [0.15, 0.2) is 0 Å². The highest BCUT2D eigenvalue weighted by atomic mass is 19.1. The van der Waals surface area contributed by atoms with E-state index >= 15 is 0 Å². The molecule has 0 bridgehead atoms. The third-order valence-corrected chi connectivity index (χ3v) is 4.85. The first-order valence-corrected chi connectivity index (χ1v) is 9.51. The molecule has 3 rings (SSSR count). The second-order valence-electron chi connectivity index (χ2n) is 8.04. The van der Waals surface area contributed by atoms with Crippen molar-refractivity contribution in [1.29, 1.82) is 0 Å². The summed E-state index contributed by atoms with van der Waals surface area (Å²) in [7, 11) is 1.55. The van der Waals surface area contributed by atoms with Crippen LogP contribution in [0.25, 0.3) is 0 Å². The number of nitrogens with zero attached hydrogens (tertiary/aromatic N) is 1. The number of fused-ring (bicyclic) bond motifs is 1. The monoisotopic (exact) mass is 403 g/mol. The number of carbonyl (C=O) groups excluding carboxylic acids is 1. The van der Waals surface area contributed by atoms with Crippen molar-refractivity contribution in [1.82, 2.24) is 10.0 Å².